The van der Waals surface area contributed by atoms with Crippen LogP contribution in [0.1, 0.15) is 26.3 Å². The Morgan fingerprint density at radius 1 is 1.35 bits per heavy atom. The molecule has 0 aromatic carbocycles. The molecule has 1 aliphatic carbocycles. The first kappa shape index (κ1) is 14.6. The molecule has 7 heteroatoms. The van der Waals surface area contributed by atoms with Gasteiger partial charge in [0.15, 0.2) is 5.79 Å². The molecule has 1 unspecified atom stereocenters. The van der Waals surface area contributed by atoms with E-state index < -0.39 is 5.79 Å². The fourth-order valence-corrected chi connectivity index (χ4v) is 3.84. The van der Waals surface area contributed by atoms with Crippen LogP contribution in [0.25, 0.3) is 11.0 Å². The largest absolute Gasteiger partial charge is 0.372 e. The second kappa shape index (κ2) is 5.01. The third-order valence-corrected chi connectivity index (χ3v) is 4.76. The van der Waals surface area contributed by atoms with E-state index in [-0.39, 0.29) is 24.2 Å². The number of nitrogens with one attached hydrogen (secondary N) is 1. The van der Waals surface area contributed by atoms with Crippen molar-refractivity contribution in [1.29, 1.82) is 0 Å². The lowest BCUT2D eigenvalue weighted by Crippen LogP contribution is -2.27. The molecule has 4 atom stereocenters. The van der Waals surface area contributed by atoms with Crippen LogP contribution in [0.3, 0.4) is 0 Å². The van der Waals surface area contributed by atoms with Gasteiger partial charge in [-0.15, -0.1) is 0 Å². The lowest BCUT2D eigenvalue weighted by Gasteiger charge is -2.23. The van der Waals surface area contributed by atoms with Crippen molar-refractivity contribution in [1.82, 2.24) is 14.5 Å². The number of aromatic nitrogens is 3. The van der Waals surface area contributed by atoms with E-state index >= 15 is 0 Å². The highest BCUT2D eigenvalue weighted by Gasteiger charge is 2.54. The van der Waals surface area contributed by atoms with Gasteiger partial charge in [-0.25, -0.2) is 9.97 Å². The summed E-state index contributed by atoms with van der Waals surface area (Å²) in [5.74, 6) is -0.0300. The van der Waals surface area contributed by atoms with E-state index in [4.69, 9.17) is 9.47 Å². The summed E-state index contributed by atoms with van der Waals surface area (Å²) < 4.78 is 14.1. The SMILES string of the molecule is CNc1ncnc2c1ccn2C1C[C@H](C=O)[C@H]2OC(C)(C)O[C@@H]12. The Morgan fingerprint density at radius 3 is 2.87 bits per heavy atom. The molecule has 0 radical (unpaired) electrons. The molecular formula is C16H20N4O3. The highest BCUT2D eigenvalue weighted by Crippen LogP contribution is 2.47. The standard InChI is InChI=1S/C16H20N4O3/c1-16(2)22-12-9(7-21)6-11(13(12)23-16)20-5-4-10-14(17-3)18-8-19-15(10)20/h4-5,7-9,11-13H,6H2,1-3H3,(H,17,18,19)/t9-,11?,12-,13+/m1/s1. The maximum Gasteiger partial charge on any atom is 0.163 e. The van der Waals surface area contributed by atoms with Gasteiger partial charge >= 0.3 is 0 Å². The van der Waals surface area contributed by atoms with Gasteiger partial charge in [0.2, 0.25) is 0 Å². The Labute approximate surface area is 134 Å². The Morgan fingerprint density at radius 2 is 2.13 bits per heavy atom. The zero-order valence-corrected chi connectivity index (χ0v) is 13.4. The average Bonchev–Trinajstić information content (AvgIpc) is 3.17. The van der Waals surface area contributed by atoms with Gasteiger partial charge in [0.1, 0.15) is 30.2 Å². The molecule has 4 rings (SSSR count). The van der Waals surface area contributed by atoms with E-state index in [1.165, 1.54) is 0 Å². The number of ether oxygens (including phenoxy) is 2. The van der Waals surface area contributed by atoms with Gasteiger partial charge in [-0.1, -0.05) is 0 Å². The zero-order valence-electron chi connectivity index (χ0n) is 13.4. The molecule has 2 fully saturated rings. The van der Waals surface area contributed by atoms with Crippen LogP contribution in [0.2, 0.25) is 0 Å². The number of carbonyl (C=O) groups excluding carboxylic acids is 1. The molecule has 23 heavy (non-hydrogen) atoms. The highest BCUT2D eigenvalue weighted by atomic mass is 16.8. The fraction of sp³-hybridized carbons (Fsp3) is 0.562. The summed E-state index contributed by atoms with van der Waals surface area (Å²) >= 11 is 0. The smallest absolute Gasteiger partial charge is 0.163 e. The van der Waals surface area contributed by atoms with Gasteiger partial charge in [0, 0.05) is 19.2 Å². The molecular weight excluding hydrogens is 296 g/mol. The van der Waals surface area contributed by atoms with E-state index in [9.17, 15) is 4.79 Å². The minimum Gasteiger partial charge on any atom is -0.372 e. The first-order chi connectivity index (χ1) is 11.0. The summed E-state index contributed by atoms with van der Waals surface area (Å²) in [4.78, 5) is 20.1. The summed E-state index contributed by atoms with van der Waals surface area (Å²) in [6.45, 7) is 3.78. The Bertz CT molecular complexity index is 757. The van der Waals surface area contributed by atoms with Crippen molar-refractivity contribution in [2.75, 3.05) is 12.4 Å². The molecule has 122 valence electrons. The molecule has 2 aromatic heterocycles. The van der Waals surface area contributed by atoms with E-state index in [2.05, 4.69) is 19.9 Å². The third-order valence-electron chi connectivity index (χ3n) is 4.76. The lowest BCUT2D eigenvalue weighted by molar-refractivity contribution is -0.160. The highest BCUT2D eigenvalue weighted by molar-refractivity contribution is 5.87. The third kappa shape index (κ3) is 2.14. The number of hydrogen-bond donors (Lipinski definition) is 1. The van der Waals surface area contributed by atoms with Gasteiger partial charge in [-0.05, 0) is 26.3 Å². The number of aldehydes is 1. The molecule has 0 amide bonds. The van der Waals surface area contributed by atoms with Crippen LogP contribution in [-0.4, -0.2) is 45.9 Å². The van der Waals surface area contributed by atoms with E-state index in [1.54, 1.807) is 6.33 Å². The van der Waals surface area contributed by atoms with Gasteiger partial charge in [-0.2, -0.15) is 0 Å². The fourth-order valence-electron chi connectivity index (χ4n) is 3.84. The normalized spacial score (nSPS) is 32.1. The molecule has 1 N–H and O–H groups in total. The van der Waals surface area contributed by atoms with Gasteiger partial charge in [0.05, 0.1) is 17.5 Å². The van der Waals surface area contributed by atoms with Crippen LogP contribution in [-0.2, 0) is 14.3 Å². The van der Waals surface area contributed by atoms with Crippen LogP contribution < -0.4 is 5.32 Å². The molecule has 2 aliphatic rings. The summed E-state index contributed by atoms with van der Waals surface area (Å²) in [6.07, 6.45) is 4.87. The Kier molecular flexibility index (Phi) is 3.18. The minimum atomic E-state index is -0.663. The maximum atomic E-state index is 11.5. The molecule has 1 saturated carbocycles. The number of anilines is 1. The van der Waals surface area contributed by atoms with Crippen LogP contribution in [0.4, 0.5) is 5.82 Å². The number of fused-ring (bicyclic) bond motifs is 2. The van der Waals surface area contributed by atoms with Gasteiger partial charge in [0.25, 0.3) is 0 Å². The molecule has 7 nitrogen and oxygen atoms in total. The van der Waals surface area contributed by atoms with Crippen molar-refractivity contribution in [3.63, 3.8) is 0 Å². The predicted molar refractivity (Wildman–Crippen MR) is 84.1 cm³/mol. The van der Waals surface area contributed by atoms with Crippen LogP contribution in [0.5, 0.6) is 0 Å². The number of nitrogens with zero attached hydrogens (tertiary/aromatic N) is 3. The summed E-state index contributed by atoms with van der Waals surface area (Å²) in [6, 6.07) is 2.01. The second-order valence-electron chi connectivity index (χ2n) is 6.60. The minimum absolute atomic E-state index is 0.0223. The van der Waals surface area contributed by atoms with Crippen LogP contribution in [0, 0.1) is 5.92 Å². The summed E-state index contributed by atoms with van der Waals surface area (Å²) in [5.41, 5.74) is 0.841. The van der Waals surface area contributed by atoms with E-state index in [0.717, 1.165) is 23.1 Å². The number of rotatable bonds is 3. The topological polar surface area (TPSA) is 78.3 Å². The summed E-state index contributed by atoms with van der Waals surface area (Å²) in [5, 5.41) is 4.03. The molecule has 1 aliphatic heterocycles. The number of carbonyl (C=O) groups is 1. The van der Waals surface area contributed by atoms with E-state index in [0.29, 0.717) is 6.42 Å². The first-order valence-corrected chi connectivity index (χ1v) is 7.84. The van der Waals surface area contributed by atoms with Gasteiger partial charge in [-0.3, -0.25) is 0 Å². The van der Waals surface area contributed by atoms with Gasteiger partial charge < -0.3 is 24.2 Å². The second-order valence-corrected chi connectivity index (χ2v) is 6.60. The van der Waals surface area contributed by atoms with Crippen molar-refractivity contribution in [3.05, 3.63) is 18.6 Å². The molecule has 3 heterocycles. The van der Waals surface area contributed by atoms with Crippen molar-refractivity contribution in [2.45, 2.75) is 44.3 Å². The van der Waals surface area contributed by atoms with Crippen molar-refractivity contribution in [3.8, 4) is 0 Å². The predicted octanol–water partition coefficient (Wildman–Crippen LogP) is 1.75. The van der Waals surface area contributed by atoms with Crippen LogP contribution >= 0.6 is 0 Å². The average molecular weight is 316 g/mol. The molecule has 2 aromatic rings. The Balaban J connectivity index is 1.77. The van der Waals surface area contributed by atoms with Crippen molar-refractivity contribution in [2.24, 2.45) is 5.92 Å². The molecule has 0 bridgehead atoms. The van der Waals surface area contributed by atoms with Crippen molar-refractivity contribution < 1.29 is 14.3 Å². The first-order valence-electron chi connectivity index (χ1n) is 7.84. The van der Waals surface area contributed by atoms with E-state index in [1.807, 2.05) is 33.2 Å². The monoisotopic (exact) mass is 316 g/mol. The van der Waals surface area contributed by atoms with Crippen molar-refractivity contribution >= 4 is 23.1 Å². The molecule has 0 spiro atoms. The molecule has 1 saturated heterocycles. The number of hydrogen-bond acceptors (Lipinski definition) is 6. The zero-order chi connectivity index (χ0) is 16.2. The lowest BCUT2D eigenvalue weighted by atomic mass is 10.1. The van der Waals surface area contributed by atoms with Crippen LogP contribution in [0.15, 0.2) is 18.6 Å². The maximum absolute atomic E-state index is 11.5. The Hall–Kier alpha value is -1.99. The summed E-state index contributed by atoms with van der Waals surface area (Å²) in [7, 11) is 1.84. The quantitative estimate of drug-likeness (QED) is 0.869.